The second-order valence-electron chi connectivity index (χ2n) is 6.49. The number of ether oxygens (including phenoxy) is 2. The van der Waals surface area contributed by atoms with E-state index in [1.54, 1.807) is 26.2 Å². The number of aryl methyl sites for hydroxylation is 1. The van der Waals surface area contributed by atoms with Gasteiger partial charge < -0.3 is 14.8 Å². The molecule has 0 bridgehead atoms. The van der Waals surface area contributed by atoms with Gasteiger partial charge in [0.05, 0.1) is 24.8 Å². The van der Waals surface area contributed by atoms with Gasteiger partial charge in [-0.1, -0.05) is 13.0 Å². The largest absolute Gasteiger partial charge is 0.493 e. The van der Waals surface area contributed by atoms with Gasteiger partial charge in [-0.25, -0.2) is 4.39 Å². The molecular weight excluding hydrogens is 359 g/mol. The van der Waals surface area contributed by atoms with Crippen molar-refractivity contribution in [1.29, 1.82) is 0 Å². The molecule has 146 valence electrons. The van der Waals surface area contributed by atoms with E-state index in [4.69, 9.17) is 9.47 Å². The van der Waals surface area contributed by atoms with Crippen molar-refractivity contribution >= 4 is 16.8 Å². The summed E-state index contributed by atoms with van der Waals surface area (Å²) in [5, 5.41) is 3.52. The van der Waals surface area contributed by atoms with E-state index in [1.807, 2.05) is 25.1 Å². The first-order valence-electron chi connectivity index (χ1n) is 9.16. The predicted octanol–water partition coefficient (Wildman–Crippen LogP) is 4.41. The smallest absolute Gasteiger partial charge is 0.252 e. The highest BCUT2D eigenvalue weighted by molar-refractivity contribution is 6.06. The van der Waals surface area contributed by atoms with Crippen molar-refractivity contribution < 1.29 is 18.7 Å². The van der Waals surface area contributed by atoms with E-state index >= 15 is 0 Å². The number of carbonyl (C=O) groups is 1. The third-order valence-electron chi connectivity index (χ3n) is 4.29. The molecule has 0 fully saturated rings. The van der Waals surface area contributed by atoms with Gasteiger partial charge in [-0.05, 0) is 49.2 Å². The van der Waals surface area contributed by atoms with E-state index < -0.39 is 0 Å². The Bertz CT molecular complexity index is 999. The fourth-order valence-electron chi connectivity index (χ4n) is 2.95. The van der Waals surface area contributed by atoms with E-state index in [1.165, 1.54) is 12.1 Å². The van der Waals surface area contributed by atoms with Crippen LogP contribution in [0.3, 0.4) is 0 Å². The summed E-state index contributed by atoms with van der Waals surface area (Å²) in [6.07, 6.45) is 0.907. The van der Waals surface area contributed by atoms with Gasteiger partial charge in [0, 0.05) is 23.7 Å². The molecule has 1 amide bonds. The molecule has 0 spiro atoms. The van der Waals surface area contributed by atoms with Gasteiger partial charge in [0.25, 0.3) is 5.91 Å². The highest BCUT2D eigenvalue weighted by atomic mass is 19.1. The second-order valence-corrected chi connectivity index (χ2v) is 6.49. The number of hydrogen-bond donors (Lipinski definition) is 1. The summed E-state index contributed by atoms with van der Waals surface area (Å²) >= 11 is 0. The number of benzene rings is 2. The van der Waals surface area contributed by atoms with Crippen molar-refractivity contribution in [3.8, 4) is 11.5 Å². The molecule has 28 heavy (non-hydrogen) atoms. The number of aromatic nitrogens is 1. The molecule has 1 N–H and O–H groups in total. The Morgan fingerprint density at radius 1 is 1.14 bits per heavy atom. The number of nitrogens with one attached hydrogen (secondary N) is 1. The summed E-state index contributed by atoms with van der Waals surface area (Å²) in [5.41, 5.74) is 2.47. The number of carbonyl (C=O) groups excluding carboxylic acids is 1. The van der Waals surface area contributed by atoms with Crippen molar-refractivity contribution in [2.75, 3.05) is 13.7 Å². The first kappa shape index (κ1) is 19.6. The standard InChI is InChI=1S/C22H23FN2O3/c1-4-9-28-20-8-5-15(11-21(20)27-3)13-24-22(26)18-10-14(2)25-19-12-16(23)6-7-17(18)19/h5-8,10-12H,4,9,13H2,1-3H3,(H,24,26). The minimum absolute atomic E-state index is 0.243. The molecule has 0 aliphatic rings. The lowest BCUT2D eigenvalue weighted by Gasteiger charge is -2.13. The Morgan fingerprint density at radius 2 is 1.96 bits per heavy atom. The van der Waals surface area contributed by atoms with E-state index in [0.29, 0.717) is 46.8 Å². The van der Waals surface area contributed by atoms with E-state index in [0.717, 1.165) is 12.0 Å². The Hall–Kier alpha value is -3.15. The van der Waals surface area contributed by atoms with Crippen LogP contribution in [-0.2, 0) is 6.54 Å². The van der Waals surface area contributed by atoms with Crippen LogP contribution in [0, 0.1) is 12.7 Å². The molecule has 1 aromatic heterocycles. The highest BCUT2D eigenvalue weighted by Crippen LogP contribution is 2.28. The topological polar surface area (TPSA) is 60.5 Å². The van der Waals surface area contributed by atoms with Crippen LogP contribution in [0.4, 0.5) is 4.39 Å². The van der Waals surface area contributed by atoms with Crippen LogP contribution in [-0.4, -0.2) is 24.6 Å². The van der Waals surface area contributed by atoms with Crippen LogP contribution >= 0.6 is 0 Å². The summed E-state index contributed by atoms with van der Waals surface area (Å²) in [7, 11) is 1.58. The fraction of sp³-hybridized carbons (Fsp3) is 0.273. The molecular formula is C22H23FN2O3. The zero-order valence-electron chi connectivity index (χ0n) is 16.2. The van der Waals surface area contributed by atoms with Gasteiger partial charge in [0.1, 0.15) is 5.82 Å². The fourth-order valence-corrected chi connectivity index (χ4v) is 2.95. The maximum atomic E-state index is 13.5. The normalized spacial score (nSPS) is 10.7. The van der Waals surface area contributed by atoms with Gasteiger partial charge >= 0.3 is 0 Å². The van der Waals surface area contributed by atoms with Crippen molar-refractivity contribution in [2.45, 2.75) is 26.8 Å². The Kier molecular flexibility index (Phi) is 6.09. The van der Waals surface area contributed by atoms with Crippen LogP contribution in [0.15, 0.2) is 42.5 Å². The minimum Gasteiger partial charge on any atom is -0.493 e. The van der Waals surface area contributed by atoms with Gasteiger partial charge in [-0.15, -0.1) is 0 Å². The Labute approximate surface area is 163 Å². The number of nitrogens with zero attached hydrogens (tertiary/aromatic N) is 1. The Balaban J connectivity index is 1.78. The van der Waals surface area contributed by atoms with Crippen molar-refractivity contribution in [3.05, 3.63) is 65.1 Å². The molecule has 6 heteroatoms. The van der Waals surface area contributed by atoms with Crippen LogP contribution in [0.25, 0.3) is 10.9 Å². The van der Waals surface area contributed by atoms with Crippen LogP contribution in [0.5, 0.6) is 11.5 Å². The summed E-state index contributed by atoms with van der Waals surface area (Å²) < 4.78 is 24.5. The third-order valence-corrected chi connectivity index (χ3v) is 4.29. The van der Waals surface area contributed by atoms with E-state index in [2.05, 4.69) is 10.3 Å². The van der Waals surface area contributed by atoms with Gasteiger partial charge in [-0.3, -0.25) is 9.78 Å². The summed E-state index contributed by atoms with van der Waals surface area (Å²) in [4.78, 5) is 17.0. The number of methoxy groups -OCH3 is 1. The molecule has 0 saturated heterocycles. The maximum Gasteiger partial charge on any atom is 0.252 e. The zero-order chi connectivity index (χ0) is 20.1. The predicted molar refractivity (Wildman–Crippen MR) is 106 cm³/mol. The summed E-state index contributed by atoms with van der Waals surface area (Å²) in [6, 6.07) is 11.5. The van der Waals surface area contributed by atoms with Gasteiger partial charge in [-0.2, -0.15) is 0 Å². The lowest BCUT2D eigenvalue weighted by Crippen LogP contribution is -2.23. The molecule has 0 saturated carbocycles. The van der Waals surface area contributed by atoms with Crippen LogP contribution in [0.1, 0.15) is 35.0 Å². The first-order chi connectivity index (χ1) is 13.5. The van der Waals surface area contributed by atoms with E-state index in [-0.39, 0.29) is 11.7 Å². The third kappa shape index (κ3) is 4.39. The molecule has 0 aliphatic carbocycles. The zero-order valence-corrected chi connectivity index (χ0v) is 16.2. The van der Waals surface area contributed by atoms with Crippen LogP contribution < -0.4 is 14.8 Å². The Morgan fingerprint density at radius 3 is 2.71 bits per heavy atom. The molecule has 3 aromatic rings. The molecule has 0 radical (unpaired) electrons. The number of hydrogen-bond acceptors (Lipinski definition) is 4. The lowest BCUT2D eigenvalue weighted by molar-refractivity contribution is 0.0952. The summed E-state index contributed by atoms with van der Waals surface area (Å²) in [5.74, 6) is 0.680. The molecule has 3 rings (SSSR count). The number of fused-ring (bicyclic) bond motifs is 1. The van der Waals surface area contributed by atoms with Gasteiger partial charge in [0.2, 0.25) is 0 Å². The average molecular weight is 382 g/mol. The molecule has 0 aliphatic heterocycles. The summed E-state index contributed by atoms with van der Waals surface area (Å²) in [6.45, 7) is 4.76. The number of halogens is 1. The van der Waals surface area contributed by atoms with Gasteiger partial charge in [0.15, 0.2) is 11.5 Å². The van der Waals surface area contributed by atoms with Crippen molar-refractivity contribution in [1.82, 2.24) is 10.3 Å². The average Bonchev–Trinajstić information content (AvgIpc) is 2.69. The van der Waals surface area contributed by atoms with Crippen LogP contribution in [0.2, 0.25) is 0 Å². The molecule has 0 atom stereocenters. The molecule has 5 nitrogen and oxygen atoms in total. The lowest BCUT2D eigenvalue weighted by atomic mass is 10.1. The van der Waals surface area contributed by atoms with Crippen molar-refractivity contribution in [3.63, 3.8) is 0 Å². The molecule has 0 unspecified atom stereocenters. The number of pyridine rings is 1. The number of rotatable bonds is 7. The monoisotopic (exact) mass is 382 g/mol. The van der Waals surface area contributed by atoms with Crippen molar-refractivity contribution in [2.24, 2.45) is 0 Å². The second kappa shape index (κ2) is 8.69. The SMILES string of the molecule is CCCOc1ccc(CNC(=O)c2cc(C)nc3cc(F)ccc23)cc1OC. The van der Waals surface area contributed by atoms with E-state index in [9.17, 15) is 9.18 Å². The first-order valence-corrected chi connectivity index (χ1v) is 9.16. The quantitative estimate of drug-likeness (QED) is 0.658. The minimum atomic E-state index is -0.380. The maximum absolute atomic E-state index is 13.5. The number of amides is 1. The molecule has 1 heterocycles. The highest BCUT2D eigenvalue weighted by Gasteiger charge is 2.13. The molecule has 2 aromatic carbocycles.